The molecule has 0 radical (unpaired) electrons. The molecule has 0 fully saturated rings. The van der Waals surface area contributed by atoms with Crippen LogP contribution in [-0.4, -0.2) is 27.9 Å². The molecule has 0 saturated carbocycles. The fraction of sp³-hybridized carbons (Fsp3) is 0.429. The van der Waals surface area contributed by atoms with Crippen LogP contribution in [0.1, 0.15) is 5.69 Å². The molecule has 0 aliphatic carbocycles. The zero-order valence-electron chi connectivity index (χ0n) is 7.03. The zero-order chi connectivity index (χ0) is 9.14. The van der Waals surface area contributed by atoms with Crippen LogP contribution in [0.2, 0.25) is 0 Å². The predicted molar refractivity (Wildman–Crippen MR) is 44.1 cm³/mol. The first-order valence-corrected chi connectivity index (χ1v) is 3.57. The van der Waals surface area contributed by atoms with Crippen LogP contribution in [0.4, 0.5) is 5.82 Å². The second kappa shape index (κ2) is 3.25. The van der Waals surface area contributed by atoms with Gasteiger partial charge in [0.2, 0.25) is 0 Å². The van der Waals surface area contributed by atoms with Crippen LogP contribution in [0.15, 0.2) is 6.07 Å². The van der Waals surface area contributed by atoms with Crippen LogP contribution in [0.3, 0.4) is 0 Å². The van der Waals surface area contributed by atoms with Gasteiger partial charge in [-0.3, -0.25) is 9.48 Å². The number of anilines is 1. The molecule has 1 heterocycles. The lowest BCUT2D eigenvalue weighted by atomic mass is 10.4. The largest absolute Gasteiger partial charge is 0.480 e. The van der Waals surface area contributed by atoms with Crippen molar-refractivity contribution >= 4 is 11.8 Å². The number of rotatable bonds is 3. The highest BCUT2D eigenvalue weighted by Gasteiger charge is 2.05. The number of aromatic nitrogens is 2. The molecule has 66 valence electrons. The number of carboxylic acids is 1. The lowest BCUT2D eigenvalue weighted by Gasteiger charge is -1.97. The van der Waals surface area contributed by atoms with Crippen molar-refractivity contribution in [3.63, 3.8) is 0 Å². The monoisotopic (exact) mass is 169 g/mol. The van der Waals surface area contributed by atoms with Crippen molar-refractivity contribution in [3.8, 4) is 0 Å². The van der Waals surface area contributed by atoms with Crippen molar-refractivity contribution in [2.45, 2.75) is 13.5 Å². The zero-order valence-corrected chi connectivity index (χ0v) is 7.03. The molecule has 0 aromatic carbocycles. The summed E-state index contributed by atoms with van der Waals surface area (Å²) in [6.45, 7) is 1.73. The summed E-state index contributed by atoms with van der Waals surface area (Å²) in [5, 5.41) is 15.3. The molecule has 12 heavy (non-hydrogen) atoms. The number of hydrogen-bond acceptors (Lipinski definition) is 3. The summed E-state index contributed by atoms with van der Waals surface area (Å²) in [7, 11) is 1.74. The summed E-state index contributed by atoms with van der Waals surface area (Å²) in [6, 6.07) is 1.79. The van der Waals surface area contributed by atoms with Gasteiger partial charge in [-0.15, -0.1) is 0 Å². The van der Waals surface area contributed by atoms with Crippen molar-refractivity contribution < 1.29 is 9.90 Å². The van der Waals surface area contributed by atoms with Gasteiger partial charge in [0.25, 0.3) is 0 Å². The summed E-state index contributed by atoms with van der Waals surface area (Å²) in [6.07, 6.45) is 0. The number of hydrogen-bond donors (Lipinski definition) is 2. The minimum absolute atomic E-state index is 0.0898. The van der Waals surface area contributed by atoms with Crippen molar-refractivity contribution in [2.24, 2.45) is 0 Å². The van der Waals surface area contributed by atoms with Gasteiger partial charge < -0.3 is 10.4 Å². The van der Waals surface area contributed by atoms with E-state index in [2.05, 4.69) is 10.4 Å². The third kappa shape index (κ3) is 1.75. The summed E-state index contributed by atoms with van der Waals surface area (Å²) in [5.41, 5.74) is 0.835. The van der Waals surface area contributed by atoms with Gasteiger partial charge >= 0.3 is 5.97 Å². The maximum absolute atomic E-state index is 10.3. The van der Waals surface area contributed by atoms with Crippen molar-refractivity contribution in [1.29, 1.82) is 0 Å². The Labute approximate surface area is 70.0 Å². The maximum atomic E-state index is 10.3. The summed E-state index contributed by atoms with van der Waals surface area (Å²) in [4.78, 5) is 10.3. The van der Waals surface area contributed by atoms with Crippen LogP contribution in [-0.2, 0) is 11.3 Å². The second-order valence-corrected chi connectivity index (χ2v) is 2.47. The fourth-order valence-electron chi connectivity index (χ4n) is 0.920. The van der Waals surface area contributed by atoms with E-state index in [4.69, 9.17) is 5.11 Å². The third-order valence-corrected chi connectivity index (χ3v) is 1.52. The highest BCUT2D eigenvalue weighted by atomic mass is 16.4. The molecule has 0 aliphatic heterocycles. The minimum Gasteiger partial charge on any atom is -0.480 e. The molecule has 0 saturated heterocycles. The average Bonchev–Trinajstić information content (AvgIpc) is 2.31. The molecule has 1 rings (SSSR count). The standard InChI is InChI=1S/C7H11N3O2/c1-5-3-6(8-2)9-10(5)4-7(11)12/h3H,4H2,1-2H3,(H,8,9)(H,11,12). The highest BCUT2D eigenvalue weighted by molar-refractivity contribution is 5.66. The van der Waals surface area contributed by atoms with Gasteiger partial charge in [0.1, 0.15) is 12.4 Å². The van der Waals surface area contributed by atoms with E-state index in [0.29, 0.717) is 5.82 Å². The molecule has 5 nitrogen and oxygen atoms in total. The van der Waals surface area contributed by atoms with Crippen molar-refractivity contribution in [3.05, 3.63) is 11.8 Å². The molecule has 1 aromatic rings. The predicted octanol–water partition coefficient (Wildman–Crippen LogP) is 0.318. The van der Waals surface area contributed by atoms with Crippen LogP contribution >= 0.6 is 0 Å². The molecule has 0 unspecified atom stereocenters. The van der Waals surface area contributed by atoms with Crippen LogP contribution < -0.4 is 5.32 Å². The Morgan fingerprint density at radius 2 is 2.50 bits per heavy atom. The van der Waals surface area contributed by atoms with E-state index in [0.717, 1.165) is 5.69 Å². The molecular weight excluding hydrogens is 158 g/mol. The molecule has 0 atom stereocenters. The first kappa shape index (κ1) is 8.58. The second-order valence-electron chi connectivity index (χ2n) is 2.47. The summed E-state index contributed by atoms with van der Waals surface area (Å²) < 4.78 is 1.44. The van der Waals surface area contributed by atoms with E-state index < -0.39 is 5.97 Å². The van der Waals surface area contributed by atoms with Crippen LogP contribution in [0, 0.1) is 6.92 Å². The van der Waals surface area contributed by atoms with E-state index in [1.54, 1.807) is 13.1 Å². The summed E-state index contributed by atoms with van der Waals surface area (Å²) >= 11 is 0. The number of carbonyl (C=O) groups is 1. The Morgan fingerprint density at radius 1 is 1.83 bits per heavy atom. The topological polar surface area (TPSA) is 67.2 Å². The lowest BCUT2D eigenvalue weighted by Crippen LogP contribution is -2.11. The van der Waals surface area contributed by atoms with E-state index in [-0.39, 0.29) is 6.54 Å². The number of carboxylic acid groups (broad SMARTS) is 1. The Kier molecular flexibility index (Phi) is 2.32. The Balaban J connectivity index is 2.84. The number of aliphatic carboxylic acids is 1. The van der Waals surface area contributed by atoms with E-state index in [1.807, 2.05) is 6.92 Å². The van der Waals surface area contributed by atoms with Gasteiger partial charge in [0.05, 0.1) is 0 Å². The van der Waals surface area contributed by atoms with Gasteiger partial charge in [0.15, 0.2) is 0 Å². The Bertz CT molecular complexity index is 293. The maximum Gasteiger partial charge on any atom is 0.325 e. The van der Waals surface area contributed by atoms with Crippen LogP contribution in [0.25, 0.3) is 0 Å². The quantitative estimate of drug-likeness (QED) is 0.683. The lowest BCUT2D eigenvalue weighted by molar-refractivity contribution is -0.137. The van der Waals surface area contributed by atoms with E-state index in [9.17, 15) is 4.79 Å². The molecule has 0 amide bonds. The third-order valence-electron chi connectivity index (χ3n) is 1.52. The normalized spacial score (nSPS) is 9.83. The van der Waals surface area contributed by atoms with Gasteiger partial charge in [-0.25, -0.2) is 0 Å². The first-order chi connectivity index (χ1) is 5.63. The first-order valence-electron chi connectivity index (χ1n) is 3.57. The minimum atomic E-state index is -0.885. The highest BCUT2D eigenvalue weighted by Crippen LogP contribution is 2.06. The van der Waals surface area contributed by atoms with Crippen LogP contribution in [0.5, 0.6) is 0 Å². The number of aryl methyl sites for hydroxylation is 1. The SMILES string of the molecule is CNc1cc(C)n(CC(=O)O)n1. The molecule has 5 heteroatoms. The molecule has 2 N–H and O–H groups in total. The van der Waals surface area contributed by atoms with Gasteiger partial charge in [-0.1, -0.05) is 0 Å². The molecule has 1 aromatic heterocycles. The van der Waals surface area contributed by atoms with Gasteiger partial charge in [-0.2, -0.15) is 5.10 Å². The fourth-order valence-corrected chi connectivity index (χ4v) is 0.920. The Hall–Kier alpha value is -1.52. The number of nitrogens with zero attached hydrogens (tertiary/aromatic N) is 2. The van der Waals surface area contributed by atoms with E-state index >= 15 is 0 Å². The van der Waals surface area contributed by atoms with Crippen molar-refractivity contribution in [2.75, 3.05) is 12.4 Å². The smallest absolute Gasteiger partial charge is 0.325 e. The van der Waals surface area contributed by atoms with Gasteiger partial charge in [0, 0.05) is 18.8 Å². The van der Waals surface area contributed by atoms with Gasteiger partial charge in [-0.05, 0) is 6.92 Å². The molecule has 0 aliphatic rings. The molecule has 0 spiro atoms. The number of nitrogens with one attached hydrogen (secondary N) is 1. The Morgan fingerprint density at radius 3 is 2.92 bits per heavy atom. The molecule has 0 bridgehead atoms. The van der Waals surface area contributed by atoms with E-state index in [1.165, 1.54) is 4.68 Å². The summed E-state index contributed by atoms with van der Waals surface area (Å²) in [5.74, 6) is -0.197. The van der Waals surface area contributed by atoms with Crippen molar-refractivity contribution in [1.82, 2.24) is 9.78 Å². The average molecular weight is 169 g/mol. The molecular formula is C7H11N3O2.